The van der Waals surface area contributed by atoms with E-state index in [0.29, 0.717) is 0 Å². The zero-order valence-corrected chi connectivity index (χ0v) is 12.2. The van der Waals surface area contributed by atoms with Crippen molar-refractivity contribution in [3.63, 3.8) is 0 Å². The van der Waals surface area contributed by atoms with E-state index in [2.05, 4.69) is 10.4 Å². The zero-order valence-electron chi connectivity index (χ0n) is 10.6. The van der Waals surface area contributed by atoms with Crippen LogP contribution >= 0.6 is 23.1 Å². The largest absolute Gasteiger partial charge is 0.495 e. The lowest BCUT2D eigenvalue weighted by Crippen LogP contribution is -1.92. The maximum atomic E-state index is 5.36. The van der Waals surface area contributed by atoms with Gasteiger partial charge in [-0.2, -0.15) is 0 Å². The predicted molar refractivity (Wildman–Crippen MR) is 76.0 cm³/mol. The lowest BCUT2D eigenvalue weighted by Gasteiger charge is -2.11. The van der Waals surface area contributed by atoms with Gasteiger partial charge in [-0.3, -0.25) is 0 Å². The minimum Gasteiger partial charge on any atom is -0.495 e. The van der Waals surface area contributed by atoms with Gasteiger partial charge in [0.25, 0.3) is 0 Å². The van der Waals surface area contributed by atoms with Crippen LogP contribution in [0.25, 0.3) is 0 Å². The number of hydrogen-bond acceptors (Lipinski definition) is 5. The number of thiazole rings is 1. The van der Waals surface area contributed by atoms with E-state index in [1.54, 1.807) is 37.3 Å². The van der Waals surface area contributed by atoms with Crippen LogP contribution < -0.4 is 9.47 Å². The molecular weight excluding hydrogens is 266 g/mol. The van der Waals surface area contributed by atoms with Gasteiger partial charge in [0.2, 0.25) is 0 Å². The maximum Gasteiger partial charge on any atom is 0.136 e. The number of nitrogens with zero attached hydrogens (tertiary/aromatic N) is 1. The topological polar surface area (TPSA) is 31.4 Å². The minimum absolute atomic E-state index is 0.829. The second-order valence-corrected chi connectivity index (χ2v) is 5.59. The fourth-order valence-electron chi connectivity index (χ4n) is 1.56. The van der Waals surface area contributed by atoms with E-state index >= 15 is 0 Å². The normalized spacial score (nSPS) is 10.4. The van der Waals surface area contributed by atoms with Gasteiger partial charge in [0.1, 0.15) is 16.5 Å². The summed E-state index contributed by atoms with van der Waals surface area (Å²) in [7, 11) is 3.35. The molecule has 0 aliphatic carbocycles. The molecule has 1 aromatic carbocycles. The highest BCUT2D eigenvalue weighted by Gasteiger charge is 2.11. The highest BCUT2D eigenvalue weighted by atomic mass is 32.2. The number of rotatable bonds is 5. The third-order valence-electron chi connectivity index (χ3n) is 2.39. The van der Waals surface area contributed by atoms with Crippen molar-refractivity contribution in [2.75, 3.05) is 14.2 Å². The van der Waals surface area contributed by atoms with E-state index in [4.69, 9.17) is 9.47 Å². The summed E-state index contributed by atoms with van der Waals surface area (Å²) in [6.07, 6.45) is 0. The van der Waals surface area contributed by atoms with Crippen molar-refractivity contribution in [3.8, 4) is 11.5 Å². The molecule has 0 saturated carbocycles. The van der Waals surface area contributed by atoms with Crippen molar-refractivity contribution in [2.45, 2.75) is 17.6 Å². The van der Waals surface area contributed by atoms with E-state index in [1.165, 1.54) is 0 Å². The van der Waals surface area contributed by atoms with Crippen LogP contribution in [0.1, 0.15) is 10.7 Å². The molecule has 0 aliphatic heterocycles. The molecule has 0 bridgehead atoms. The third-order valence-corrected chi connectivity index (χ3v) is 4.65. The van der Waals surface area contributed by atoms with Gasteiger partial charge >= 0.3 is 0 Å². The van der Waals surface area contributed by atoms with Crippen molar-refractivity contribution in [3.05, 3.63) is 34.3 Å². The predicted octanol–water partition coefficient (Wildman–Crippen LogP) is 3.76. The van der Waals surface area contributed by atoms with E-state index in [9.17, 15) is 0 Å². The molecule has 5 heteroatoms. The number of benzene rings is 1. The van der Waals surface area contributed by atoms with Crippen molar-refractivity contribution >= 4 is 23.1 Å². The molecule has 96 valence electrons. The van der Waals surface area contributed by atoms with E-state index in [0.717, 1.165) is 32.8 Å². The Labute approximate surface area is 115 Å². The number of ether oxygens (including phenoxy) is 2. The monoisotopic (exact) mass is 281 g/mol. The Kier molecular flexibility index (Phi) is 4.49. The molecule has 2 rings (SSSR count). The molecule has 0 unspecified atom stereocenters. The van der Waals surface area contributed by atoms with Gasteiger partial charge in [-0.15, -0.1) is 23.1 Å². The van der Waals surface area contributed by atoms with Gasteiger partial charge in [-0.25, -0.2) is 4.98 Å². The summed E-state index contributed by atoms with van der Waals surface area (Å²) in [4.78, 5) is 5.48. The summed E-state index contributed by atoms with van der Waals surface area (Å²) in [6, 6.07) is 5.81. The first-order valence-electron chi connectivity index (χ1n) is 5.49. The first-order valence-corrected chi connectivity index (χ1v) is 7.36. The van der Waals surface area contributed by atoms with Crippen LogP contribution in [0.5, 0.6) is 11.5 Å². The maximum absolute atomic E-state index is 5.36. The molecule has 0 saturated heterocycles. The first kappa shape index (κ1) is 13.2. The second kappa shape index (κ2) is 6.11. The van der Waals surface area contributed by atoms with Crippen LogP contribution in [-0.4, -0.2) is 19.2 Å². The van der Waals surface area contributed by atoms with E-state index in [1.807, 2.05) is 25.1 Å². The molecule has 0 atom stereocenters. The van der Waals surface area contributed by atoms with Crippen LogP contribution in [-0.2, 0) is 5.75 Å². The van der Waals surface area contributed by atoms with Crippen LogP contribution in [0.4, 0.5) is 0 Å². The van der Waals surface area contributed by atoms with Crippen molar-refractivity contribution in [1.29, 1.82) is 0 Å². The van der Waals surface area contributed by atoms with Gasteiger partial charge < -0.3 is 9.47 Å². The van der Waals surface area contributed by atoms with Crippen molar-refractivity contribution in [1.82, 2.24) is 4.98 Å². The molecule has 0 fully saturated rings. The second-order valence-electron chi connectivity index (χ2n) is 3.66. The van der Waals surface area contributed by atoms with E-state index < -0.39 is 0 Å². The fraction of sp³-hybridized carbons (Fsp3) is 0.308. The fourth-order valence-corrected chi connectivity index (χ4v) is 3.49. The van der Waals surface area contributed by atoms with Gasteiger partial charge in [0.15, 0.2) is 0 Å². The Bertz CT molecular complexity index is 503. The van der Waals surface area contributed by atoms with Gasteiger partial charge in [0, 0.05) is 11.1 Å². The zero-order chi connectivity index (χ0) is 13.0. The third kappa shape index (κ3) is 2.97. The average molecular weight is 281 g/mol. The first-order chi connectivity index (χ1) is 8.74. The van der Waals surface area contributed by atoms with Crippen molar-refractivity contribution in [2.24, 2.45) is 0 Å². The number of methoxy groups -OCH3 is 2. The Hall–Kier alpha value is -1.20. The SMILES string of the molecule is COc1cccc(OC)c1SCc1nc(C)cs1. The quantitative estimate of drug-likeness (QED) is 0.781. The number of thioether (sulfide) groups is 1. The smallest absolute Gasteiger partial charge is 0.136 e. The summed E-state index contributed by atoms with van der Waals surface area (Å²) < 4.78 is 10.7. The molecule has 18 heavy (non-hydrogen) atoms. The molecule has 0 amide bonds. The van der Waals surface area contributed by atoms with Crippen LogP contribution in [0.2, 0.25) is 0 Å². The van der Waals surface area contributed by atoms with Gasteiger partial charge in [-0.1, -0.05) is 6.07 Å². The highest BCUT2D eigenvalue weighted by Crippen LogP contribution is 2.39. The van der Waals surface area contributed by atoms with Crippen LogP contribution in [0.3, 0.4) is 0 Å². The highest BCUT2D eigenvalue weighted by molar-refractivity contribution is 7.98. The molecule has 2 aromatic rings. The Morgan fingerprint density at radius 1 is 1.22 bits per heavy atom. The molecule has 3 nitrogen and oxygen atoms in total. The summed E-state index contributed by atoms with van der Waals surface area (Å²) in [5.41, 5.74) is 1.07. The lowest BCUT2D eigenvalue weighted by molar-refractivity contribution is 0.376. The molecular formula is C13H15NO2S2. The minimum atomic E-state index is 0.829. The van der Waals surface area contributed by atoms with E-state index in [-0.39, 0.29) is 0 Å². The Balaban J connectivity index is 2.17. The summed E-state index contributed by atoms with van der Waals surface area (Å²) in [5, 5.41) is 3.18. The van der Waals surface area contributed by atoms with Gasteiger partial charge in [0.05, 0.1) is 24.9 Å². The molecule has 0 N–H and O–H groups in total. The number of aryl methyl sites for hydroxylation is 1. The van der Waals surface area contributed by atoms with Gasteiger partial charge in [-0.05, 0) is 19.1 Å². The lowest BCUT2D eigenvalue weighted by atomic mass is 10.3. The number of hydrogen-bond donors (Lipinski definition) is 0. The summed E-state index contributed by atoms with van der Waals surface area (Å²) in [5.74, 6) is 2.51. The van der Waals surface area contributed by atoms with Crippen LogP contribution in [0, 0.1) is 6.92 Å². The van der Waals surface area contributed by atoms with Crippen LogP contribution in [0.15, 0.2) is 28.5 Å². The molecule has 0 spiro atoms. The Morgan fingerprint density at radius 3 is 2.39 bits per heavy atom. The molecule has 0 radical (unpaired) electrons. The molecule has 1 aromatic heterocycles. The Morgan fingerprint density at radius 2 is 1.89 bits per heavy atom. The number of aromatic nitrogens is 1. The molecule has 0 aliphatic rings. The molecule has 1 heterocycles. The summed E-state index contributed by atoms with van der Waals surface area (Å²) in [6.45, 7) is 2.01. The summed E-state index contributed by atoms with van der Waals surface area (Å²) >= 11 is 3.37. The standard InChI is InChI=1S/C13H15NO2S2/c1-9-7-17-12(14-9)8-18-13-10(15-2)5-4-6-11(13)16-3/h4-7H,8H2,1-3H3. The average Bonchev–Trinajstić information content (AvgIpc) is 2.81. The van der Waals surface area contributed by atoms with Crippen molar-refractivity contribution < 1.29 is 9.47 Å².